The maximum atomic E-state index is 10.3. The van der Waals surface area contributed by atoms with Crippen LogP contribution in [0.1, 0.15) is 121 Å². The summed E-state index contributed by atoms with van der Waals surface area (Å²) in [6.07, 6.45) is 0. The molecule has 8 aromatic rings. The SMILES string of the molecule is CC(C)(C)C.CC(C)(C)C.CC(C)(C)C.CC(C)(C)C.O=C(O)c1ccc(O)c(O)c1.[Ti+2].c1ccc2c(c1)-c1nc-2nc2[n-]c(nc3nc(nc4[n-]c(n1)c1ccccc41)-c1ccccc1-3)c1ccccc21. The van der Waals surface area contributed by atoms with Crippen LogP contribution in [0.15, 0.2) is 115 Å². The Hall–Kier alpha value is -6.76. The minimum absolute atomic E-state index is 0. The van der Waals surface area contributed by atoms with Gasteiger partial charge in [0.05, 0.1) is 28.9 Å². The molecule has 2 aliphatic rings. The monoisotopic (exact) mass is 1000 g/mol. The number of aromatic nitrogens is 8. The van der Waals surface area contributed by atoms with Crippen molar-refractivity contribution in [1.29, 1.82) is 0 Å². The van der Waals surface area contributed by atoms with Gasteiger partial charge in [-0.3, -0.25) is 0 Å². The number of rotatable bonds is 1. The molecule has 3 N–H and O–H groups in total. The molecule has 5 aromatic carbocycles. The second kappa shape index (κ2) is 23.6. The van der Waals surface area contributed by atoms with Crippen molar-refractivity contribution in [2.75, 3.05) is 0 Å². The quantitative estimate of drug-likeness (QED) is 0.105. The number of carbonyl (C=O) groups is 1. The summed E-state index contributed by atoms with van der Waals surface area (Å²) in [5, 5.41) is 29.6. The second-order valence-electron chi connectivity index (χ2n) is 23.7. The fourth-order valence-corrected chi connectivity index (χ4v) is 6.11. The van der Waals surface area contributed by atoms with Crippen LogP contribution in [0, 0.1) is 21.7 Å². The van der Waals surface area contributed by atoms with Crippen molar-refractivity contribution in [3.63, 3.8) is 0 Å². The zero-order chi connectivity index (χ0) is 52.6. The summed E-state index contributed by atoms with van der Waals surface area (Å²) in [4.78, 5) is 49.5. The van der Waals surface area contributed by atoms with Gasteiger partial charge in [0.25, 0.3) is 0 Å². The van der Waals surface area contributed by atoms with Crippen LogP contribution in [0.5, 0.6) is 11.5 Å². The summed E-state index contributed by atoms with van der Waals surface area (Å²) >= 11 is 0. The van der Waals surface area contributed by atoms with Gasteiger partial charge in [0.1, 0.15) is 0 Å². The number of carboxylic acids is 1. The van der Waals surface area contributed by atoms with Crippen molar-refractivity contribution in [1.82, 2.24) is 39.9 Å². The standard InChI is InChI=1S/C32H16N8.C7H6O4.4C5H12.Ti/c1-2-10-18-17(9-1)25-33-26(18)38-28-21-13-5-6-14-22(21)30(35-28)40-32-24-16-8-7-15-23(24)31(36-32)39-29-20-12-4-3-11-19(20)27(34-29)37-25;8-5-2-1-4(7(10)11)3-6(5)9;4*1-5(2,3)4;/h1-16H;1-3,8-9H,(H,10,11);4*1-4H3;/q-2;;;;;;+2. The van der Waals surface area contributed by atoms with E-state index in [1.54, 1.807) is 0 Å². The van der Waals surface area contributed by atoms with E-state index in [4.69, 9.17) is 55.2 Å². The zero-order valence-electron chi connectivity index (χ0n) is 44.8. The van der Waals surface area contributed by atoms with E-state index in [1.165, 1.54) is 6.07 Å². The normalized spacial score (nSPS) is 11.4. The summed E-state index contributed by atoms with van der Waals surface area (Å²) in [5.74, 6) is 0.319. The van der Waals surface area contributed by atoms with Crippen LogP contribution in [0.4, 0.5) is 0 Å². The number of aromatic hydroxyl groups is 2. The van der Waals surface area contributed by atoms with Crippen LogP contribution < -0.4 is 9.97 Å². The van der Waals surface area contributed by atoms with Crippen LogP contribution in [0.3, 0.4) is 0 Å². The smallest absolute Gasteiger partial charge is 0.504 e. The number of hydrogen-bond donors (Lipinski definition) is 3. The van der Waals surface area contributed by atoms with Crippen molar-refractivity contribution in [2.24, 2.45) is 21.7 Å². The maximum Gasteiger partial charge on any atom is 2.00 e. The Labute approximate surface area is 439 Å². The molecule has 0 aliphatic carbocycles. The van der Waals surface area contributed by atoms with Crippen molar-refractivity contribution in [2.45, 2.75) is 111 Å². The van der Waals surface area contributed by atoms with Gasteiger partial charge < -0.3 is 45.2 Å². The molecular formula is C59H70N8O4Ti. The van der Waals surface area contributed by atoms with E-state index in [1.807, 2.05) is 97.1 Å². The third-order valence-electron chi connectivity index (χ3n) is 8.55. The van der Waals surface area contributed by atoms with Gasteiger partial charge in [0.2, 0.25) is 0 Å². The zero-order valence-corrected chi connectivity index (χ0v) is 46.4. The average Bonchev–Trinajstić information content (AvgIpc) is 3.98. The molecule has 0 atom stereocenters. The third-order valence-corrected chi connectivity index (χ3v) is 8.55. The Bertz CT molecular complexity index is 2920. The Balaban J connectivity index is 0.000000288. The van der Waals surface area contributed by atoms with Crippen molar-refractivity contribution in [3.8, 4) is 57.1 Å². The molecule has 2 aliphatic heterocycles. The van der Waals surface area contributed by atoms with E-state index < -0.39 is 11.7 Å². The van der Waals surface area contributed by atoms with Gasteiger partial charge in [-0.1, -0.05) is 208 Å². The number of nitrogens with zero attached hydrogens (tertiary/aromatic N) is 8. The topological polar surface area (TPSA) is 183 Å². The van der Waals surface area contributed by atoms with E-state index in [0.717, 1.165) is 55.9 Å². The number of benzene rings is 5. The first-order valence-corrected chi connectivity index (χ1v) is 23.8. The molecule has 0 spiro atoms. The van der Waals surface area contributed by atoms with Crippen LogP contribution in [0.2, 0.25) is 0 Å². The van der Waals surface area contributed by atoms with Gasteiger partial charge in [0.15, 0.2) is 11.5 Å². The first-order valence-electron chi connectivity index (χ1n) is 23.8. The van der Waals surface area contributed by atoms with Crippen LogP contribution >= 0.6 is 0 Å². The summed E-state index contributed by atoms with van der Waals surface area (Å²) in [6, 6.07) is 35.1. The Morgan fingerprint density at radius 2 is 0.611 bits per heavy atom. The maximum absolute atomic E-state index is 10.3. The van der Waals surface area contributed by atoms with Crippen LogP contribution in [0.25, 0.3) is 89.7 Å². The molecule has 0 saturated heterocycles. The van der Waals surface area contributed by atoms with Crippen molar-refractivity contribution >= 4 is 50.1 Å². The number of phenols is 2. The molecule has 13 heteroatoms. The summed E-state index contributed by atoms with van der Waals surface area (Å²) in [6.45, 7) is 35.0. The molecule has 0 unspecified atom stereocenters. The summed E-state index contributed by atoms with van der Waals surface area (Å²) < 4.78 is 0. The summed E-state index contributed by atoms with van der Waals surface area (Å²) in [5.41, 5.74) is 7.73. The number of aromatic carboxylic acids is 1. The van der Waals surface area contributed by atoms with Crippen LogP contribution in [-0.2, 0) is 21.7 Å². The molecule has 0 amide bonds. The molecule has 0 fully saturated rings. The van der Waals surface area contributed by atoms with E-state index >= 15 is 0 Å². The molecule has 72 heavy (non-hydrogen) atoms. The van der Waals surface area contributed by atoms with E-state index in [0.29, 0.717) is 67.5 Å². The first-order chi connectivity index (χ1) is 32.9. The largest absolute Gasteiger partial charge is 2.00 e. The predicted molar refractivity (Wildman–Crippen MR) is 291 cm³/mol. The van der Waals surface area contributed by atoms with E-state index in [9.17, 15) is 4.79 Å². The minimum atomic E-state index is -1.14. The van der Waals surface area contributed by atoms with Gasteiger partial charge in [0, 0.05) is 44.8 Å². The fourth-order valence-electron chi connectivity index (χ4n) is 6.11. The van der Waals surface area contributed by atoms with Crippen LogP contribution in [-0.4, -0.2) is 51.2 Å². The molecule has 8 bridgehead atoms. The van der Waals surface area contributed by atoms with Gasteiger partial charge in [-0.05, 0) is 61.4 Å². The molecular weight excluding hydrogens is 933 g/mol. The molecule has 10 rings (SSSR count). The molecule has 12 nitrogen and oxygen atoms in total. The number of phenolic OH excluding ortho intramolecular Hbond substituents is 2. The van der Waals surface area contributed by atoms with Gasteiger partial charge in [-0.15, -0.1) is 0 Å². The summed E-state index contributed by atoms with van der Waals surface area (Å²) in [7, 11) is 0. The van der Waals surface area contributed by atoms with Gasteiger partial charge >= 0.3 is 27.7 Å². The number of carboxylic acid groups (broad SMARTS) is 1. The molecule has 5 heterocycles. The number of hydrogen-bond acceptors (Lipinski definition) is 9. The second-order valence-corrected chi connectivity index (χ2v) is 23.7. The predicted octanol–water partition coefficient (Wildman–Crippen LogP) is 15.1. The van der Waals surface area contributed by atoms with E-state index in [-0.39, 0.29) is 33.0 Å². The van der Waals surface area contributed by atoms with E-state index in [2.05, 4.69) is 111 Å². The molecule has 0 saturated carbocycles. The van der Waals surface area contributed by atoms with Gasteiger partial charge in [-0.2, -0.15) is 0 Å². The first kappa shape index (κ1) is 57.8. The molecule has 0 radical (unpaired) electrons. The molecule has 3 aromatic heterocycles. The average molecular weight is 1000 g/mol. The third kappa shape index (κ3) is 17.5. The molecule has 374 valence electrons. The number of fused-ring (bicyclic) bond motifs is 20. The van der Waals surface area contributed by atoms with Gasteiger partial charge in [-0.25, -0.2) is 14.8 Å². The Morgan fingerprint density at radius 1 is 0.375 bits per heavy atom. The Kier molecular flexibility index (Phi) is 19.0. The van der Waals surface area contributed by atoms with Crippen molar-refractivity contribution < 1.29 is 41.8 Å². The minimum Gasteiger partial charge on any atom is -0.504 e. The Morgan fingerprint density at radius 3 is 0.833 bits per heavy atom. The van der Waals surface area contributed by atoms with Crippen molar-refractivity contribution in [3.05, 3.63) is 121 Å². The fraction of sp³-hybridized carbons (Fsp3) is 0.339.